The third-order valence-corrected chi connectivity index (χ3v) is 3.22. The summed E-state index contributed by atoms with van der Waals surface area (Å²) in [5, 5.41) is 11.2. The van der Waals surface area contributed by atoms with Crippen LogP contribution in [-0.2, 0) is 4.79 Å². The molecule has 0 saturated carbocycles. The van der Waals surface area contributed by atoms with Gasteiger partial charge in [-0.3, -0.25) is 4.79 Å². The van der Waals surface area contributed by atoms with Gasteiger partial charge in [0.25, 0.3) is 0 Å². The number of hydrogen-bond donors (Lipinski definition) is 2. The molecule has 1 heterocycles. The zero-order valence-electron chi connectivity index (χ0n) is 11.3. The molecular weight excluding hydrogens is 281 g/mol. The van der Waals surface area contributed by atoms with Crippen LogP contribution in [0.25, 0.3) is 0 Å². The number of halogens is 1. The van der Waals surface area contributed by atoms with E-state index in [1.54, 1.807) is 7.05 Å². The van der Waals surface area contributed by atoms with Gasteiger partial charge >= 0.3 is 12.0 Å². The van der Waals surface area contributed by atoms with Crippen molar-refractivity contribution in [1.29, 1.82) is 0 Å². The van der Waals surface area contributed by atoms with Crippen molar-refractivity contribution in [3.8, 4) is 0 Å². The van der Waals surface area contributed by atoms with E-state index >= 15 is 0 Å². The zero-order chi connectivity index (χ0) is 15.6. The molecule has 112 valence electrons. The lowest BCUT2D eigenvalue weighted by Gasteiger charge is -2.32. The molecule has 2 rings (SSSR count). The summed E-state index contributed by atoms with van der Waals surface area (Å²) in [6.07, 6.45) is 0. The van der Waals surface area contributed by atoms with Gasteiger partial charge in [-0.15, -0.1) is 0 Å². The number of piperazine rings is 1. The molecule has 7 nitrogen and oxygen atoms in total. The number of carboxylic acid groups (broad SMARTS) is 1. The number of benzene rings is 1. The maximum atomic E-state index is 13.7. The van der Waals surface area contributed by atoms with Crippen LogP contribution in [0.3, 0.4) is 0 Å². The first-order valence-corrected chi connectivity index (χ1v) is 6.22. The van der Waals surface area contributed by atoms with Crippen LogP contribution in [0, 0.1) is 5.82 Å². The fraction of sp³-hybridized carbons (Fsp3) is 0.308. The molecule has 21 heavy (non-hydrogen) atoms. The Hall–Kier alpha value is -2.64. The molecule has 0 radical (unpaired) electrons. The average Bonchev–Trinajstić information content (AvgIpc) is 2.43. The fourth-order valence-electron chi connectivity index (χ4n) is 1.95. The summed E-state index contributed by atoms with van der Waals surface area (Å²) in [4.78, 5) is 37.3. The minimum atomic E-state index is -1.35. The molecule has 0 aromatic heterocycles. The van der Waals surface area contributed by atoms with Gasteiger partial charge in [-0.2, -0.15) is 0 Å². The summed E-state index contributed by atoms with van der Waals surface area (Å²) in [5.41, 5.74) is -0.745. The summed E-state index contributed by atoms with van der Waals surface area (Å²) in [6.45, 7) is 0.541. The number of carbonyl (C=O) groups is 3. The Bertz CT molecular complexity index is 605. The number of urea groups is 1. The fourth-order valence-corrected chi connectivity index (χ4v) is 1.95. The molecule has 1 fully saturated rings. The third kappa shape index (κ3) is 3.10. The topological polar surface area (TPSA) is 89.9 Å². The highest BCUT2D eigenvalue weighted by Gasteiger charge is 2.26. The van der Waals surface area contributed by atoms with Crippen molar-refractivity contribution in [1.82, 2.24) is 9.80 Å². The number of anilines is 1. The number of carbonyl (C=O) groups excluding carboxylic acids is 2. The van der Waals surface area contributed by atoms with E-state index in [0.29, 0.717) is 13.1 Å². The summed E-state index contributed by atoms with van der Waals surface area (Å²) < 4.78 is 13.7. The highest BCUT2D eigenvalue weighted by Crippen LogP contribution is 2.20. The lowest BCUT2D eigenvalue weighted by Crippen LogP contribution is -2.51. The monoisotopic (exact) mass is 295 g/mol. The second-order valence-corrected chi connectivity index (χ2v) is 4.63. The van der Waals surface area contributed by atoms with E-state index in [1.165, 1.54) is 21.9 Å². The second-order valence-electron chi connectivity index (χ2n) is 4.63. The largest absolute Gasteiger partial charge is 0.478 e. The number of nitrogens with zero attached hydrogens (tertiary/aromatic N) is 2. The summed E-state index contributed by atoms with van der Waals surface area (Å²) in [6, 6.07) is 2.78. The Morgan fingerprint density at radius 2 is 2.05 bits per heavy atom. The number of hydrogen-bond acceptors (Lipinski definition) is 3. The Labute approximate surface area is 119 Å². The highest BCUT2D eigenvalue weighted by atomic mass is 19.1. The van der Waals surface area contributed by atoms with Crippen LogP contribution in [0.2, 0.25) is 0 Å². The number of amides is 3. The van der Waals surface area contributed by atoms with Crippen LogP contribution < -0.4 is 5.32 Å². The van der Waals surface area contributed by atoms with E-state index in [9.17, 15) is 18.8 Å². The van der Waals surface area contributed by atoms with Gasteiger partial charge in [0.05, 0.1) is 11.3 Å². The van der Waals surface area contributed by atoms with E-state index < -0.39 is 23.5 Å². The minimum absolute atomic E-state index is 0.126. The van der Waals surface area contributed by atoms with Crippen molar-refractivity contribution in [2.45, 2.75) is 0 Å². The van der Waals surface area contributed by atoms with E-state index in [-0.39, 0.29) is 18.0 Å². The van der Waals surface area contributed by atoms with Gasteiger partial charge in [-0.05, 0) is 12.1 Å². The predicted octanol–water partition coefficient (Wildman–Crippen LogP) is 0.830. The lowest BCUT2D eigenvalue weighted by atomic mass is 10.1. The molecule has 0 unspecified atom stereocenters. The Balaban J connectivity index is 2.17. The number of carboxylic acids is 1. The number of nitrogens with one attached hydrogen (secondary N) is 1. The SMILES string of the molecule is CN1CCN(C(=O)Nc2c(F)cccc2C(=O)O)CC1=O. The third-order valence-electron chi connectivity index (χ3n) is 3.22. The molecule has 8 heteroatoms. The van der Waals surface area contributed by atoms with E-state index in [4.69, 9.17) is 5.11 Å². The van der Waals surface area contributed by atoms with Crippen molar-refractivity contribution >= 4 is 23.6 Å². The molecule has 1 aliphatic rings. The first-order valence-electron chi connectivity index (χ1n) is 6.22. The average molecular weight is 295 g/mol. The van der Waals surface area contributed by atoms with Gasteiger partial charge in [0.2, 0.25) is 5.91 Å². The molecule has 1 aromatic rings. The van der Waals surface area contributed by atoms with Crippen LogP contribution in [0.4, 0.5) is 14.9 Å². The van der Waals surface area contributed by atoms with Crippen LogP contribution in [0.15, 0.2) is 18.2 Å². The Morgan fingerprint density at radius 1 is 1.33 bits per heavy atom. The van der Waals surface area contributed by atoms with Gasteiger partial charge in [-0.1, -0.05) is 6.07 Å². The lowest BCUT2D eigenvalue weighted by molar-refractivity contribution is -0.133. The number of aromatic carboxylic acids is 1. The summed E-state index contributed by atoms with van der Waals surface area (Å²) in [5.74, 6) is -2.42. The smallest absolute Gasteiger partial charge is 0.337 e. The first kappa shape index (κ1) is 14.8. The molecule has 1 aromatic carbocycles. The maximum Gasteiger partial charge on any atom is 0.337 e. The highest BCUT2D eigenvalue weighted by molar-refractivity contribution is 6.01. The molecule has 1 aliphatic heterocycles. The van der Waals surface area contributed by atoms with Crippen molar-refractivity contribution in [3.05, 3.63) is 29.6 Å². The van der Waals surface area contributed by atoms with Crippen LogP contribution >= 0.6 is 0 Å². The van der Waals surface area contributed by atoms with Crippen LogP contribution in [0.1, 0.15) is 10.4 Å². The normalized spacial score (nSPS) is 15.0. The van der Waals surface area contributed by atoms with Crippen molar-refractivity contribution in [2.75, 3.05) is 32.0 Å². The van der Waals surface area contributed by atoms with Gasteiger partial charge in [0.15, 0.2) is 0 Å². The van der Waals surface area contributed by atoms with Gasteiger partial charge in [0.1, 0.15) is 12.4 Å². The molecule has 1 saturated heterocycles. The van der Waals surface area contributed by atoms with Crippen molar-refractivity contribution < 1.29 is 23.9 Å². The molecule has 0 atom stereocenters. The minimum Gasteiger partial charge on any atom is -0.478 e. The number of likely N-dealkylation sites (N-methyl/N-ethyl adjacent to an activating group) is 1. The van der Waals surface area contributed by atoms with E-state index in [2.05, 4.69) is 5.32 Å². The second kappa shape index (κ2) is 5.78. The summed E-state index contributed by atoms with van der Waals surface area (Å²) in [7, 11) is 1.62. The molecular formula is C13H14FN3O4. The molecule has 2 N–H and O–H groups in total. The van der Waals surface area contributed by atoms with Crippen molar-refractivity contribution in [2.24, 2.45) is 0 Å². The Morgan fingerprint density at radius 3 is 2.67 bits per heavy atom. The Kier molecular flexibility index (Phi) is 4.06. The van der Waals surface area contributed by atoms with Gasteiger partial charge in [-0.25, -0.2) is 14.0 Å². The number of para-hydroxylation sites is 1. The maximum absolute atomic E-state index is 13.7. The molecule has 0 aliphatic carbocycles. The molecule has 3 amide bonds. The van der Waals surface area contributed by atoms with Crippen molar-refractivity contribution in [3.63, 3.8) is 0 Å². The van der Waals surface area contributed by atoms with E-state index in [1.807, 2.05) is 0 Å². The zero-order valence-corrected chi connectivity index (χ0v) is 11.3. The predicted molar refractivity (Wildman–Crippen MR) is 71.6 cm³/mol. The quantitative estimate of drug-likeness (QED) is 0.845. The van der Waals surface area contributed by atoms with Crippen LogP contribution in [-0.4, -0.2) is 59.5 Å². The molecule has 0 bridgehead atoms. The molecule has 0 spiro atoms. The number of rotatable bonds is 2. The van der Waals surface area contributed by atoms with Gasteiger partial charge in [0, 0.05) is 20.1 Å². The van der Waals surface area contributed by atoms with Crippen LogP contribution in [0.5, 0.6) is 0 Å². The first-order chi connectivity index (χ1) is 9.90. The summed E-state index contributed by atoms with van der Waals surface area (Å²) >= 11 is 0. The van der Waals surface area contributed by atoms with Gasteiger partial charge < -0.3 is 20.2 Å². The standard InChI is InChI=1S/C13H14FN3O4/c1-16-5-6-17(7-10(16)18)13(21)15-11-8(12(19)20)3-2-4-9(11)14/h2-4H,5-7H2,1H3,(H,15,21)(H,19,20). The van der Waals surface area contributed by atoms with E-state index in [0.717, 1.165) is 6.07 Å².